The van der Waals surface area contributed by atoms with Crippen LogP contribution in [0.25, 0.3) is 0 Å². The Morgan fingerprint density at radius 2 is 1.97 bits per heavy atom. The molecule has 0 unspecified atom stereocenters. The van der Waals surface area contributed by atoms with E-state index in [1.807, 2.05) is 12.1 Å². The Hall–Kier alpha value is -4.13. The van der Waals surface area contributed by atoms with Gasteiger partial charge in [0.2, 0.25) is 23.0 Å². The van der Waals surface area contributed by atoms with Crippen molar-refractivity contribution < 1.29 is 23.9 Å². The minimum absolute atomic E-state index is 0.0309. The molecule has 1 aromatic carbocycles. The fraction of sp³-hybridized carbons (Fsp3) is 0.318. The lowest BCUT2D eigenvalue weighted by atomic mass is 10.1. The number of anilines is 3. The highest BCUT2D eigenvalue weighted by Gasteiger charge is 2.24. The summed E-state index contributed by atoms with van der Waals surface area (Å²) in [4.78, 5) is 37.4. The summed E-state index contributed by atoms with van der Waals surface area (Å²) in [6.07, 6.45) is 2.59. The van der Waals surface area contributed by atoms with Crippen molar-refractivity contribution in [3.05, 3.63) is 53.7 Å². The molecule has 0 saturated carbocycles. The maximum absolute atomic E-state index is 12.5. The van der Waals surface area contributed by atoms with Gasteiger partial charge in [0.1, 0.15) is 0 Å². The maximum atomic E-state index is 12.5. The Morgan fingerprint density at radius 3 is 2.77 bits per heavy atom. The fourth-order valence-corrected chi connectivity index (χ4v) is 4.20. The van der Waals surface area contributed by atoms with Gasteiger partial charge in [-0.1, -0.05) is 23.5 Å². The zero-order valence-corrected chi connectivity index (χ0v) is 19.7. The second-order valence-corrected chi connectivity index (χ2v) is 8.66. The number of carbonyl (C=O) groups excluding carboxylic acids is 3. The molecule has 4 rings (SSSR count). The van der Waals surface area contributed by atoms with Gasteiger partial charge in [0.15, 0.2) is 5.82 Å². The molecule has 1 aliphatic heterocycles. The summed E-state index contributed by atoms with van der Waals surface area (Å²) >= 11 is 1.25. The van der Waals surface area contributed by atoms with E-state index in [0.717, 1.165) is 25.3 Å². The van der Waals surface area contributed by atoms with Gasteiger partial charge in [-0.15, -0.1) is 15.3 Å². The third kappa shape index (κ3) is 6.93. The fourth-order valence-electron chi connectivity index (χ4n) is 3.46. The predicted molar refractivity (Wildman–Crippen MR) is 127 cm³/mol. The van der Waals surface area contributed by atoms with Gasteiger partial charge >= 0.3 is 11.9 Å². The molecule has 0 radical (unpaired) electrons. The van der Waals surface area contributed by atoms with E-state index in [-0.39, 0.29) is 23.9 Å². The van der Waals surface area contributed by atoms with Crippen LogP contribution in [0.2, 0.25) is 0 Å². The van der Waals surface area contributed by atoms with Crippen LogP contribution in [-0.2, 0) is 25.5 Å². The molecule has 3 aromatic rings. The van der Waals surface area contributed by atoms with Crippen molar-refractivity contribution in [1.82, 2.24) is 20.4 Å². The molecule has 182 valence electrons. The Labute approximate surface area is 204 Å². The van der Waals surface area contributed by atoms with Crippen LogP contribution in [0.15, 0.2) is 42.6 Å². The highest BCUT2D eigenvalue weighted by Crippen LogP contribution is 2.24. The van der Waals surface area contributed by atoms with Gasteiger partial charge in [-0.05, 0) is 36.2 Å². The number of aromatic nitrogens is 4. The van der Waals surface area contributed by atoms with Crippen LogP contribution < -0.4 is 15.5 Å². The molecule has 1 amide bonds. The quantitative estimate of drug-likeness (QED) is 0.330. The monoisotopic (exact) mass is 497 g/mol. The average molecular weight is 498 g/mol. The molecule has 0 bridgehead atoms. The molecule has 3 heterocycles. The first-order chi connectivity index (χ1) is 17.0. The van der Waals surface area contributed by atoms with Crippen LogP contribution in [0.5, 0.6) is 0 Å². The van der Waals surface area contributed by atoms with Crippen molar-refractivity contribution in [3.63, 3.8) is 0 Å². The normalized spacial score (nSPS) is 14.9. The predicted octanol–water partition coefficient (Wildman–Crippen LogP) is 1.88. The lowest BCUT2D eigenvalue weighted by Gasteiger charge is -2.16. The van der Waals surface area contributed by atoms with E-state index in [9.17, 15) is 14.4 Å². The number of hydrogen-bond donors (Lipinski definition) is 2. The molecular formula is C22H23N7O5S. The lowest BCUT2D eigenvalue weighted by Crippen LogP contribution is -2.26. The first-order valence-electron chi connectivity index (χ1n) is 10.8. The number of hydrogen-bond acceptors (Lipinski definition) is 12. The summed E-state index contributed by atoms with van der Waals surface area (Å²) in [5.41, 5.74) is 0.860. The van der Waals surface area contributed by atoms with Gasteiger partial charge in [-0.2, -0.15) is 5.10 Å². The number of esters is 2. The van der Waals surface area contributed by atoms with E-state index in [1.54, 1.807) is 30.5 Å². The van der Waals surface area contributed by atoms with Gasteiger partial charge < -0.3 is 25.0 Å². The van der Waals surface area contributed by atoms with Crippen molar-refractivity contribution >= 4 is 45.3 Å². The molecule has 0 aliphatic carbocycles. The molecule has 1 fully saturated rings. The van der Waals surface area contributed by atoms with E-state index in [1.165, 1.54) is 18.3 Å². The van der Waals surface area contributed by atoms with Crippen molar-refractivity contribution in [2.75, 3.05) is 35.4 Å². The summed E-state index contributed by atoms with van der Waals surface area (Å²) in [5, 5.41) is 23.3. The Kier molecular flexibility index (Phi) is 7.77. The van der Waals surface area contributed by atoms with Crippen molar-refractivity contribution in [3.8, 4) is 0 Å². The molecule has 1 atom stereocenters. The molecule has 12 nitrogen and oxygen atoms in total. The summed E-state index contributed by atoms with van der Waals surface area (Å²) in [6, 6.07) is 10.4. The van der Waals surface area contributed by atoms with Crippen LogP contribution in [0, 0.1) is 0 Å². The number of carbonyl (C=O) groups is 3. The molecule has 35 heavy (non-hydrogen) atoms. The van der Waals surface area contributed by atoms with Crippen LogP contribution in [0.1, 0.15) is 29.3 Å². The second kappa shape index (κ2) is 11.3. The van der Waals surface area contributed by atoms with Gasteiger partial charge in [-0.25, -0.2) is 4.79 Å². The molecule has 1 aliphatic rings. The number of ether oxygens (including phenoxy) is 2. The minimum atomic E-state index is -0.655. The van der Waals surface area contributed by atoms with Gasteiger partial charge in [-0.3, -0.25) is 9.59 Å². The topological polar surface area (TPSA) is 149 Å². The molecular weight excluding hydrogens is 474 g/mol. The highest BCUT2D eigenvalue weighted by molar-refractivity contribution is 7.19. The first kappa shape index (κ1) is 24.0. The summed E-state index contributed by atoms with van der Waals surface area (Å²) in [6.45, 7) is 2.37. The molecule has 2 aromatic heterocycles. The van der Waals surface area contributed by atoms with Crippen molar-refractivity contribution in [1.29, 1.82) is 0 Å². The van der Waals surface area contributed by atoms with E-state index >= 15 is 0 Å². The zero-order chi connectivity index (χ0) is 24.6. The SMILES string of the molecule is CC(=O)OCOC(=O)c1cccc(CC(=O)Nc2nnc(N[C@@H]3CCN(c4cccnn4)C3)s2)c1. The average Bonchev–Trinajstić information content (AvgIpc) is 3.49. The molecule has 13 heteroatoms. The van der Waals surface area contributed by atoms with Gasteiger partial charge in [0.25, 0.3) is 0 Å². The van der Waals surface area contributed by atoms with E-state index < -0.39 is 18.7 Å². The van der Waals surface area contributed by atoms with Crippen LogP contribution >= 0.6 is 11.3 Å². The van der Waals surface area contributed by atoms with E-state index in [0.29, 0.717) is 15.8 Å². The number of benzene rings is 1. The summed E-state index contributed by atoms with van der Waals surface area (Å²) in [7, 11) is 0. The second-order valence-electron chi connectivity index (χ2n) is 7.68. The van der Waals surface area contributed by atoms with Crippen LogP contribution in [0.3, 0.4) is 0 Å². The molecule has 0 spiro atoms. The number of amides is 1. The number of rotatable bonds is 9. The number of nitrogens with zero attached hydrogens (tertiary/aromatic N) is 5. The zero-order valence-electron chi connectivity index (χ0n) is 18.8. The third-order valence-corrected chi connectivity index (χ3v) is 5.82. The Morgan fingerprint density at radius 1 is 1.11 bits per heavy atom. The lowest BCUT2D eigenvalue weighted by molar-refractivity contribution is -0.149. The maximum Gasteiger partial charge on any atom is 0.341 e. The van der Waals surface area contributed by atoms with Crippen molar-refractivity contribution in [2.24, 2.45) is 0 Å². The van der Waals surface area contributed by atoms with E-state index in [2.05, 4.69) is 40.7 Å². The summed E-state index contributed by atoms with van der Waals surface area (Å²) in [5.74, 6) is -0.666. The highest BCUT2D eigenvalue weighted by atomic mass is 32.1. The smallest absolute Gasteiger partial charge is 0.341 e. The van der Waals surface area contributed by atoms with Crippen LogP contribution in [-0.4, -0.2) is 64.2 Å². The van der Waals surface area contributed by atoms with Crippen molar-refractivity contribution in [2.45, 2.75) is 25.8 Å². The first-order valence-corrected chi connectivity index (χ1v) is 11.6. The Bertz CT molecular complexity index is 1190. The van der Waals surface area contributed by atoms with E-state index in [4.69, 9.17) is 4.74 Å². The van der Waals surface area contributed by atoms with Gasteiger partial charge in [0.05, 0.1) is 12.0 Å². The minimum Gasteiger partial charge on any atom is -0.428 e. The molecule has 1 saturated heterocycles. The number of nitrogens with one attached hydrogen (secondary N) is 2. The molecule has 2 N–H and O–H groups in total. The Balaban J connectivity index is 1.26. The standard InChI is InChI=1S/C22H23N7O5S/c1-14(30)33-13-34-20(32)16-5-2-4-15(10-16)11-19(31)25-22-28-27-21(35-22)24-17-7-9-29(12-17)18-6-3-8-23-26-18/h2-6,8,10,17H,7,9,11-13H2,1H3,(H,24,27)(H,25,28,31)/t17-/m1/s1. The summed E-state index contributed by atoms with van der Waals surface area (Å²) < 4.78 is 9.46. The van der Waals surface area contributed by atoms with Crippen LogP contribution in [0.4, 0.5) is 16.1 Å². The third-order valence-electron chi connectivity index (χ3n) is 5.05. The van der Waals surface area contributed by atoms with Gasteiger partial charge in [0, 0.05) is 32.3 Å². The largest absolute Gasteiger partial charge is 0.428 e.